The number of halogens is 1. The first kappa shape index (κ1) is 28.5. The molecule has 3 N–H and O–H groups in total. The maximum Gasteiger partial charge on any atom is 0.301 e. The van der Waals surface area contributed by atoms with Gasteiger partial charge in [0.2, 0.25) is 0 Å². The number of carbonyl (C=O) groups excluding carboxylic acids is 1. The first-order valence-corrected chi connectivity index (χ1v) is 16.5. The van der Waals surface area contributed by atoms with E-state index in [1.54, 1.807) is 24.3 Å². The summed E-state index contributed by atoms with van der Waals surface area (Å²) >= 11 is 6.37. The van der Waals surface area contributed by atoms with Gasteiger partial charge in [-0.2, -0.15) is 13.1 Å². The summed E-state index contributed by atoms with van der Waals surface area (Å²) in [6.07, 6.45) is 8.93. The number of amides is 1. The van der Waals surface area contributed by atoms with Gasteiger partial charge in [-0.05, 0) is 98.2 Å². The van der Waals surface area contributed by atoms with Crippen LogP contribution in [0.5, 0.6) is 5.75 Å². The van der Waals surface area contributed by atoms with Crippen LogP contribution in [0.2, 0.25) is 5.02 Å². The Labute approximate surface area is 247 Å². The molecule has 2 bridgehead atoms. The minimum absolute atomic E-state index is 0.114. The number of aliphatic hydroxyl groups is 1. The number of aryl methyl sites for hydroxylation is 1. The van der Waals surface area contributed by atoms with E-state index in [1.807, 2.05) is 19.1 Å². The number of hydrogen-bond donors (Lipinski definition) is 3. The third kappa shape index (κ3) is 5.74. The van der Waals surface area contributed by atoms with Crippen molar-refractivity contribution >= 4 is 33.4 Å². The molecular weight excluding hydrogens is 562 g/mol. The number of nitrogens with one attached hydrogen (secondary N) is 2. The molecular formula is C31H38ClN3O5S. The maximum atomic E-state index is 13.2. The molecule has 10 heteroatoms. The van der Waals surface area contributed by atoms with Crippen LogP contribution in [0.15, 0.2) is 48.6 Å². The minimum atomic E-state index is -4.09. The topological polar surface area (TPSA) is 108 Å². The highest BCUT2D eigenvalue weighted by molar-refractivity contribution is 7.88. The summed E-state index contributed by atoms with van der Waals surface area (Å²) in [5, 5.41) is 11.8. The third-order valence-corrected chi connectivity index (χ3v) is 10.8. The monoisotopic (exact) mass is 599 g/mol. The lowest BCUT2D eigenvalue weighted by Gasteiger charge is -2.45. The molecule has 2 heterocycles. The summed E-state index contributed by atoms with van der Waals surface area (Å²) in [6.45, 7) is 3.77. The Bertz CT molecular complexity index is 1460. The van der Waals surface area contributed by atoms with Gasteiger partial charge in [0, 0.05) is 35.1 Å². The van der Waals surface area contributed by atoms with E-state index in [0.717, 1.165) is 42.8 Å². The quantitative estimate of drug-likeness (QED) is 0.417. The molecule has 1 fully saturated rings. The van der Waals surface area contributed by atoms with Gasteiger partial charge < -0.3 is 14.7 Å². The first-order chi connectivity index (χ1) is 19.7. The van der Waals surface area contributed by atoms with Gasteiger partial charge in [0.1, 0.15) is 5.75 Å². The van der Waals surface area contributed by atoms with Gasteiger partial charge in [-0.25, -0.2) is 4.72 Å². The van der Waals surface area contributed by atoms with Crippen molar-refractivity contribution in [2.75, 3.05) is 24.6 Å². The standard InChI is InChI=1S/C31H38ClN3O5S/c1-2-24-6-3-7-28(36)25-11-8-22(25)17-35-18-31(14-4-5-20-15-23(32)10-12-26(20)31)19-40-29-13-9-21(16-27(29)35)30(37)34-41(38,39)33-24/h3,7,9-10,12-13,15-16,22,24-25,28,33,36H,2,4-6,8,11,14,17-19H2,1H3,(H,34,37)/b7-3+/t22?,24-,25+,28-,31-/m0/s1. The molecule has 6 rings (SSSR count). The predicted molar refractivity (Wildman–Crippen MR) is 160 cm³/mol. The number of nitrogens with zero attached hydrogens (tertiary/aromatic N) is 1. The van der Waals surface area contributed by atoms with Crippen molar-refractivity contribution < 1.29 is 23.1 Å². The fraction of sp³-hybridized carbons (Fsp3) is 0.516. The molecule has 2 aromatic carbocycles. The van der Waals surface area contributed by atoms with E-state index in [2.05, 4.69) is 26.5 Å². The lowest BCUT2D eigenvalue weighted by atomic mass is 9.68. The zero-order valence-corrected chi connectivity index (χ0v) is 24.9. The number of carbonyl (C=O) groups is 1. The first-order valence-electron chi connectivity index (χ1n) is 14.7. The minimum Gasteiger partial charge on any atom is -0.490 e. The lowest BCUT2D eigenvalue weighted by Crippen LogP contribution is -2.49. The van der Waals surface area contributed by atoms with Crippen LogP contribution in [0.1, 0.15) is 66.9 Å². The predicted octanol–water partition coefficient (Wildman–Crippen LogP) is 4.50. The Morgan fingerprint density at radius 1 is 1.20 bits per heavy atom. The fourth-order valence-electron chi connectivity index (χ4n) is 7.06. The van der Waals surface area contributed by atoms with Crippen LogP contribution < -0.4 is 19.1 Å². The number of ether oxygens (including phenoxy) is 1. The second-order valence-corrected chi connectivity index (χ2v) is 14.0. The molecule has 4 aliphatic rings. The van der Waals surface area contributed by atoms with Crippen LogP contribution >= 0.6 is 11.6 Å². The van der Waals surface area contributed by atoms with E-state index < -0.39 is 28.3 Å². The molecule has 5 atom stereocenters. The van der Waals surface area contributed by atoms with Gasteiger partial charge >= 0.3 is 10.2 Å². The Balaban J connectivity index is 1.41. The van der Waals surface area contributed by atoms with Gasteiger partial charge in [0.05, 0.1) is 18.4 Å². The molecule has 1 amide bonds. The van der Waals surface area contributed by atoms with E-state index >= 15 is 0 Å². The van der Waals surface area contributed by atoms with Crippen LogP contribution in [0, 0.1) is 11.8 Å². The van der Waals surface area contributed by atoms with Crippen molar-refractivity contribution in [2.24, 2.45) is 11.8 Å². The van der Waals surface area contributed by atoms with Gasteiger partial charge in [0.15, 0.2) is 0 Å². The highest BCUT2D eigenvalue weighted by Gasteiger charge is 2.44. The fourth-order valence-corrected chi connectivity index (χ4v) is 8.38. The molecule has 1 saturated carbocycles. The van der Waals surface area contributed by atoms with E-state index in [9.17, 15) is 18.3 Å². The Kier molecular flexibility index (Phi) is 7.82. The van der Waals surface area contributed by atoms with Crippen molar-refractivity contribution in [3.63, 3.8) is 0 Å². The molecule has 2 aliphatic carbocycles. The molecule has 8 nitrogen and oxygen atoms in total. The summed E-state index contributed by atoms with van der Waals surface area (Å²) in [5.41, 5.74) is 3.26. The maximum absolute atomic E-state index is 13.2. The number of anilines is 1. The molecule has 2 aliphatic heterocycles. The molecule has 1 spiro atoms. The second-order valence-electron chi connectivity index (χ2n) is 12.1. The van der Waals surface area contributed by atoms with Crippen molar-refractivity contribution in [3.8, 4) is 5.75 Å². The van der Waals surface area contributed by atoms with Crippen LogP contribution in [0.4, 0.5) is 5.69 Å². The lowest BCUT2D eigenvalue weighted by molar-refractivity contribution is 0.0456. The van der Waals surface area contributed by atoms with Gasteiger partial charge in [-0.3, -0.25) is 4.79 Å². The molecule has 1 unspecified atom stereocenters. The van der Waals surface area contributed by atoms with E-state index in [1.165, 1.54) is 11.1 Å². The molecule has 2 aromatic rings. The van der Waals surface area contributed by atoms with Crippen LogP contribution in [0.3, 0.4) is 0 Å². The second kappa shape index (κ2) is 11.2. The summed E-state index contributed by atoms with van der Waals surface area (Å²) in [7, 11) is -4.09. The van der Waals surface area contributed by atoms with Crippen molar-refractivity contribution in [1.29, 1.82) is 0 Å². The van der Waals surface area contributed by atoms with Crippen molar-refractivity contribution in [2.45, 2.75) is 69.4 Å². The highest BCUT2D eigenvalue weighted by Crippen LogP contribution is 2.46. The van der Waals surface area contributed by atoms with E-state index in [-0.39, 0.29) is 22.8 Å². The molecule has 41 heavy (non-hydrogen) atoms. The molecule has 0 saturated heterocycles. The van der Waals surface area contributed by atoms with Gasteiger partial charge in [-0.15, -0.1) is 0 Å². The van der Waals surface area contributed by atoms with Crippen LogP contribution in [0.25, 0.3) is 0 Å². The average Bonchev–Trinajstić information content (AvgIpc) is 3.06. The van der Waals surface area contributed by atoms with Crippen LogP contribution in [-0.2, 0) is 22.0 Å². The third-order valence-electron chi connectivity index (χ3n) is 9.46. The average molecular weight is 600 g/mol. The van der Waals surface area contributed by atoms with Crippen LogP contribution in [-0.4, -0.2) is 51.3 Å². The Morgan fingerprint density at radius 2 is 2.05 bits per heavy atom. The molecule has 220 valence electrons. The smallest absolute Gasteiger partial charge is 0.301 e. The molecule has 0 aromatic heterocycles. The number of rotatable bonds is 1. The number of hydrogen-bond acceptors (Lipinski definition) is 6. The zero-order chi connectivity index (χ0) is 28.8. The van der Waals surface area contributed by atoms with Crippen molar-refractivity contribution in [1.82, 2.24) is 9.44 Å². The summed E-state index contributed by atoms with van der Waals surface area (Å²) in [4.78, 5) is 15.5. The van der Waals surface area contributed by atoms with Crippen molar-refractivity contribution in [3.05, 3.63) is 70.3 Å². The number of aliphatic hydroxyl groups excluding tert-OH is 1. The summed E-state index contributed by atoms with van der Waals surface area (Å²) in [5.74, 6) is 0.371. The zero-order valence-electron chi connectivity index (χ0n) is 23.3. The Hall–Kier alpha value is -2.59. The largest absolute Gasteiger partial charge is 0.490 e. The summed E-state index contributed by atoms with van der Waals surface area (Å²) in [6, 6.07) is 10.9. The normalized spacial score (nSPS) is 32.0. The SMILES string of the molecule is CC[C@H]1C/C=C/[C@H](O)[C@@H]2CCC2CN2C[C@@]3(CCCc4cc(Cl)ccc43)COc3ccc(cc32)C(=O)NS(=O)(=O)N1. The van der Waals surface area contributed by atoms with E-state index in [0.29, 0.717) is 38.3 Å². The summed E-state index contributed by atoms with van der Waals surface area (Å²) < 4.78 is 37.0. The van der Waals surface area contributed by atoms with Gasteiger partial charge in [-0.1, -0.05) is 36.7 Å². The highest BCUT2D eigenvalue weighted by atomic mass is 35.5. The van der Waals surface area contributed by atoms with Gasteiger partial charge in [0.25, 0.3) is 5.91 Å². The number of benzene rings is 2. The molecule has 0 radical (unpaired) electrons. The number of fused-ring (bicyclic) bond motifs is 4. The van der Waals surface area contributed by atoms with E-state index in [4.69, 9.17) is 16.3 Å². The Morgan fingerprint density at radius 3 is 2.83 bits per heavy atom.